The first kappa shape index (κ1) is 13.3. The van der Waals surface area contributed by atoms with Crippen molar-refractivity contribution < 1.29 is 14.3 Å². The maximum atomic E-state index is 13.7. The molecular weight excluding hydrogens is 299 g/mol. The van der Waals surface area contributed by atoms with E-state index in [1.165, 1.54) is 24.3 Å². The smallest absolute Gasteiger partial charge is 0.340 e. The number of nitrogens with one attached hydrogen (secondary N) is 1. The van der Waals surface area contributed by atoms with Crippen molar-refractivity contribution in [2.45, 2.75) is 0 Å². The van der Waals surface area contributed by atoms with Crippen LogP contribution in [0.1, 0.15) is 10.4 Å². The molecule has 2 heterocycles. The van der Waals surface area contributed by atoms with E-state index in [1.807, 2.05) is 0 Å². The van der Waals surface area contributed by atoms with Crippen molar-refractivity contribution in [3.63, 3.8) is 0 Å². The van der Waals surface area contributed by atoms with Crippen LogP contribution in [0.5, 0.6) is 0 Å². The number of benzene rings is 1. The van der Waals surface area contributed by atoms with E-state index in [-0.39, 0.29) is 16.1 Å². The van der Waals surface area contributed by atoms with Gasteiger partial charge in [-0.3, -0.25) is 15.0 Å². The van der Waals surface area contributed by atoms with Gasteiger partial charge < -0.3 is 5.11 Å². The second-order valence-corrected chi connectivity index (χ2v) is 5.25. The lowest BCUT2D eigenvalue weighted by molar-refractivity contribution is 0.0698. The maximum Gasteiger partial charge on any atom is 0.340 e. The van der Waals surface area contributed by atoms with Gasteiger partial charge in [0, 0.05) is 10.4 Å². The number of halogens is 1. The van der Waals surface area contributed by atoms with Crippen LogP contribution in [0.4, 0.5) is 9.39 Å². The molecule has 0 aliphatic carbocycles. The monoisotopic (exact) mass is 306 g/mol. The molecule has 0 aliphatic rings. The molecule has 0 radical (unpaired) electrons. The Morgan fingerprint density at radius 1 is 1.24 bits per heavy atom. The summed E-state index contributed by atoms with van der Waals surface area (Å²) in [6.07, 6.45) is 0. The summed E-state index contributed by atoms with van der Waals surface area (Å²) >= 11 is 0.949. The lowest BCUT2D eigenvalue weighted by Crippen LogP contribution is -2.09. The molecule has 0 saturated heterocycles. The van der Waals surface area contributed by atoms with Crippen LogP contribution in [0, 0.1) is 5.82 Å². The van der Waals surface area contributed by atoms with E-state index in [2.05, 4.69) is 5.43 Å². The molecule has 0 aliphatic heterocycles. The van der Waals surface area contributed by atoms with Gasteiger partial charge in [-0.25, -0.2) is 9.18 Å². The summed E-state index contributed by atoms with van der Waals surface area (Å²) in [5.74, 6) is -1.72. The highest BCUT2D eigenvalue weighted by Gasteiger charge is 2.22. The third kappa shape index (κ3) is 2.25. The fourth-order valence-corrected chi connectivity index (χ4v) is 2.83. The topological polar surface area (TPSA) is 88.4 Å². The zero-order valence-corrected chi connectivity index (χ0v) is 11.1. The van der Waals surface area contributed by atoms with E-state index < -0.39 is 22.9 Å². The van der Waals surface area contributed by atoms with Gasteiger partial charge in [-0.15, -0.1) is 11.3 Å². The van der Waals surface area contributed by atoms with Crippen LogP contribution in [-0.2, 0) is 0 Å². The van der Waals surface area contributed by atoms with Gasteiger partial charge >= 0.3 is 17.1 Å². The summed E-state index contributed by atoms with van der Waals surface area (Å²) in [5, 5.41) is 9.24. The average molecular weight is 306 g/mol. The van der Waals surface area contributed by atoms with Crippen LogP contribution < -0.4 is 16.5 Å². The van der Waals surface area contributed by atoms with Crippen molar-refractivity contribution in [2.24, 2.45) is 0 Å². The molecule has 6 nitrogen and oxygen atoms in total. The largest absolute Gasteiger partial charge is 0.478 e. The number of carboxylic acids is 1. The summed E-state index contributed by atoms with van der Waals surface area (Å²) in [7, 11) is 0. The van der Waals surface area contributed by atoms with Crippen LogP contribution in [0.15, 0.2) is 39.9 Å². The summed E-state index contributed by atoms with van der Waals surface area (Å²) in [4.78, 5) is 33.5. The van der Waals surface area contributed by atoms with Crippen molar-refractivity contribution in [2.75, 3.05) is 5.43 Å². The van der Waals surface area contributed by atoms with Gasteiger partial charge in [-0.1, -0.05) is 18.2 Å². The molecule has 1 aromatic carbocycles. The summed E-state index contributed by atoms with van der Waals surface area (Å²) in [6.45, 7) is 0. The van der Waals surface area contributed by atoms with Gasteiger partial charge in [0.2, 0.25) is 0 Å². The molecule has 8 heteroatoms. The van der Waals surface area contributed by atoms with Crippen molar-refractivity contribution in [3.05, 3.63) is 62.4 Å². The molecule has 0 amide bonds. The van der Waals surface area contributed by atoms with E-state index >= 15 is 0 Å². The highest BCUT2D eigenvalue weighted by Crippen LogP contribution is 2.36. The Kier molecular flexibility index (Phi) is 2.95. The van der Waals surface area contributed by atoms with Crippen LogP contribution in [-0.4, -0.2) is 15.8 Å². The molecule has 0 spiro atoms. The van der Waals surface area contributed by atoms with E-state index in [0.29, 0.717) is 9.55 Å². The third-order valence-electron chi connectivity index (χ3n) is 2.85. The lowest BCUT2D eigenvalue weighted by Gasteiger charge is -1.99. The van der Waals surface area contributed by atoms with Gasteiger partial charge in [0.15, 0.2) is 0 Å². The number of carboxylic acid groups (broad SMARTS) is 1. The van der Waals surface area contributed by atoms with Crippen molar-refractivity contribution >= 4 is 22.3 Å². The van der Waals surface area contributed by atoms with Crippen LogP contribution in [0.25, 0.3) is 10.4 Å². The normalized spacial score (nSPS) is 10.9. The minimum absolute atomic E-state index is 0.0972. The first-order valence-corrected chi connectivity index (χ1v) is 6.58. The van der Waals surface area contributed by atoms with Gasteiger partial charge in [0.25, 0.3) is 0 Å². The predicted octanol–water partition coefficient (Wildman–Crippen LogP) is 1.53. The second kappa shape index (κ2) is 4.67. The van der Waals surface area contributed by atoms with Gasteiger partial charge in [-0.2, -0.15) is 4.68 Å². The average Bonchev–Trinajstić information content (AvgIpc) is 2.88. The zero-order chi connectivity index (χ0) is 15.1. The number of anilines is 1. The molecule has 2 aromatic heterocycles. The summed E-state index contributed by atoms with van der Waals surface area (Å²) < 4.78 is 14.4. The number of hydrogen-bond donors (Lipinski definition) is 2. The van der Waals surface area contributed by atoms with Crippen LogP contribution >= 0.6 is 11.3 Å². The minimum Gasteiger partial charge on any atom is -0.478 e. The Balaban J connectivity index is 2.07. The third-order valence-corrected chi connectivity index (χ3v) is 3.93. The van der Waals surface area contributed by atoms with Crippen molar-refractivity contribution in [1.82, 2.24) is 4.68 Å². The Morgan fingerprint density at radius 2 is 1.90 bits per heavy atom. The summed E-state index contributed by atoms with van der Waals surface area (Å²) in [6, 6.07) is 7.23. The molecule has 3 aromatic rings. The molecule has 0 atom stereocenters. The fourth-order valence-electron chi connectivity index (χ4n) is 1.76. The second-order valence-electron chi connectivity index (χ2n) is 4.20. The SMILES string of the molecule is O=C(O)c1cc(-c2ccccc2F)sc1Nn1c(=O)c1=O. The number of thiophene rings is 1. The molecule has 0 fully saturated rings. The Hall–Kier alpha value is -2.74. The molecular formula is C13H7FN2O4S. The van der Waals surface area contributed by atoms with E-state index in [9.17, 15) is 18.8 Å². The molecule has 0 unspecified atom stereocenters. The van der Waals surface area contributed by atoms with Gasteiger partial charge in [0.1, 0.15) is 10.8 Å². The van der Waals surface area contributed by atoms with Gasteiger partial charge in [-0.05, 0) is 12.1 Å². The fraction of sp³-hybridized carbons (Fsp3) is 0. The number of aromatic carboxylic acids is 1. The van der Waals surface area contributed by atoms with Gasteiger partial charge in [0.05, 0.1) is 5.56 Å². The Bertz CT molecular complexity index is 895. The van der Waals surface area contributed by atoms with Crippen molar-refractivity contribution in [1.29, 1.82) is 0 Å². The Morgan fingerprint density at radius 3 is 2.48 bits per heavy atom. The van der Waals surface area contributed by atoms with E-state index in [1.54, 1.807) is 6.07 Å². The standard InChI is InChI=1S/C13H7FN2O4S/c14-8-4-2-1-3-6(8)9-5-7(13(19)20)10(21-9)15-16-11(17)12(16)18/h1-5,15H,(H,19,20). The highest BCUT2D eigenvalue weighted by atomic mass is 32.1. The number of aromatic nitrogens is 1. The molecule has 0 bridgehead atoms. The van der Waals surface area contributed by atoms with Crippen LogP contribution in [0.2, 0.25) is 0 Å². The number of rotatable bonds is 4. The maximum absolute atomic E-state index is 13.7. The van der Waals surface area contributed by atoms with Crippen LogP contribution in [0.3, 0.4) is 0 Å². The number of nitrogens with zero attached hydrogens (tertiary/aromatic N) is 1. The molecule has 21 heavy (non-hydrogen) atoms. The predicted molar refractivity (Wildman–Crippen MR) is 75.0 cm³/mol. The minimum atomic E-state index is -1.24. The highest BCUT2D eigenvalue weighted by molar-refractivity contribution is 7.19. The molecule has 2 N–H and O–H groups in total. The first-order chi connectivity index (χ1) is 9.99. The molecule has 3 rings (SSSR count). The Labute approximate surface area is 120 Å². The first-order valence-electron chi connectivity index (χ1n) is 5.76. The summed E-state index contributed by atoms with van der Waals surface area (Å²) in [5.41, 5.74) is 1.06. The van der Waals surface area contributed by atoms with E-state index in [0.717, 1.165) is 11.3 Å². The molecule has 0 saturated carbocycles. The zero-order valence-electron chi connectivity index (χ0n) is 10.3. The number of hydrogen-bond acceptors (Lipinski definition) is 5. The molecule has 106 valence electrons. The quantitative estimate of drug-likeness (QED) is 0.714. The van der Waals surface area contributed by atoms with Crippen molar-refractivity contribution in [3.8, 4) is 10.4 Å². The van der Waals surface area contributed by atoms with E-state index in [4.69, 9.17) is 5.11 Å². The lowest BCUT2D eigenvalue weighted by atomic mass is 10.1. The number of carbonyl (C=O) groups is 1.